The van der Waals surface area contributed by atoms with E-state index in [4.69, 9.17) is 15.2 Å². The minimum absolute atomic E-state index is 0.154. The molecule has 1 atom stereocenters. The molecule has 1 aliphatic heterocycles. The molecule has 0 aromatic rings. The number of carbonyl (C=O) groups is 1. The van der Waals surface area contributed by atoms with E-state index < -0.39 is 0 Å². The zero-order valence-electron chi connectivity index (χ0n) is 12.3. The average molecular weight is 272 g/mol. The summed E-state index contributed by atoms with van der Waals surface area (Å²) in [6.45, 7) is 5.03. The van der Waals surface area contributed by atoms with Crippen molar-refractivity contribution in [3.05, 3.63) is 0 Å². The van der Waals surface area contributed by atoms with E-state index in [2.05, 4.69) is 0 Å². The number of methoxy groups -OCH3 is 1. The molecule has 19 heavy (non-hydrogen) atoms. The predicted octanol–water partition coefficient (Wildman–Crippen LogP) is 1.16. The van der Waals surface area contributed by atoms with Crippen molar-refractivity contribution < 1.29 is 14.3 Å². The molecule has 5 heteroatoms. The summed E-state index contributed by atoms with van der Waals surface area (Å²) in [4.78, 5) is 13.9. The monoisotopic (exact) mass is 272 g/mol. The molecular weight excluding hydrogens is 244 g/mol. The third-order valence-electron chi connectivity index (χ3n) is 3.66. The lowest BCUT2D eigenvalue weighted by molar-refractivity contribution is -0.134. The second kappa shape index (κ2) is 9.28. The van der Waals surface area contributed by atoms with Crippen LogP contribution >= 0.6 is 0 Å². The van der Waals surface area contributed by atoms with Crippen molar-refractivity contribution in [3.8, 4) is 0 Å². The topological polar surface area (TPSA) is 64.8 Å². The first-order chi connectivity index (χ1) is 9.17. The minimum Gasteiger partial charge on any atom is -0.382 e. The third kappa shape index (κ3) is 6.36. The summed E-state index contributed by atoms with van der Waals surface area (Å²) in [6, 6.07) is 0. The van der Waals surface area contributed by atoms with Gasteiger partial charge in [-0.25, -0.2) is 0 Å². The number of ether oxygens (including phenoxy) is 2. The van der Waals surface area contributed by atoms with Gasteiger partial charge in [0.25, 0.3) is 0 Å². The first kappa shape index (κ1) is 16.4. The number of nitrogens with zero attached hydrogens (tertiary/aromatic N) is 1. The fourth-order valence-corrected chi connectivity index (χ4v) is 2.21. The van der Waals surface area contributed by atoms with E-state index >= 15 is 0 Å². The second-order valence-corrected chi connectivity index (χ2v) is 5.18. The second-order valence-electron chi connectivity index (χ2n) is 5.18. The molecule has 1 unspecified atom stereocenters. The SMILES string of the molecule is COC(C)CCC(=O)N1CCC(OCCCN)CC1. The maximum atomic E-state index is 12.0. The van der Waals surface area contributed by atoms with Crippen molar-refractivity contribution in [1.82, 2.24) is 4.90 Å². The van der Waals surface area contributed by atoms with Gasteiger partial charge in [0.1, 0.15) is 0 Å². The lowest BCUT2D eigenvalue weighted by atomic mass is 10.1. The van der Waals surface area contributed by atoms with Crippen molar-refractivity contribution in [1.29, 1.82) is 0 Å². The van der Waals surface area contributed by atoms with E-state index in [0.717, 1.165) is 45.4 Å². The molecule has 1 heterocycles. The van der Waals surface area contributed by atoms with Crippen LogP contribution in [-0.4, -0.2) is 56.4 Å². The van der Waals surface area contributed by atoms with E-state index in [1.54, 1.807) is 7.11 Å². The summed E-state index contributed by atoms with van der Waals surface area (Å²) in [5, 5.41) is 0. The molecule has 1 fully saturated rings. The molecule has 2 N–H and O–H groups in total. The van der Waals surface area contributed by atoms with Gasteiger partial charge in [-0.1, -0.05) is 0 Å². The molecule has 0 aromatic heterocycles. The molecule has 112 valence electrons. The van der Waals surface area contributed by atoms with E-state index in [-0.39, 0.29) is 12.0 Å². The first-order valence-corrected chi connectivity index (χ1v) is 7.29. The Balaban J connectivity index is 2.16. The maximum absolute atomic E-state index is 12.0. The Morgan fingerprint density at radius 1 is 1.42 bits per heavy atom. The summed E-state index contributed by atoms with van der Waals surface area (Å²) in [5.41, 5.74) is 5.43. The van der Waals surface area contributed by atoms with E-state index in [0.29, 0.717) is 19.1 Å². The van der Waals surface area contributed by atoms with Gasteiger partial charge in [0.15, 0.2) is 0 Å². The van der Waals surface area contributed by atoms with Crippen LogP contribution in [0.5, 0.6) is 0 Å². The van der Waals surface area contributed by atoms with Crippen LogP contribution in [-0.2, 0) is 14.3 Å². The summed E-state index contributed by atoms with van der Waals surface area (Å²) >= 11 is 0. The Kier molecular flexibility index (Phi) is 8.02. The van der Waals surface area contributed by atoms with Crippen LogP contribution in [0.2, 0.25) is 0 Å². The Morgan fingerprint density at radius 3 is 2.68 bits per heavy atom. The molecule has 0 aliphatic carbocycles. The highest BCUT2D eigenvalue weighted by molar-refractivity contribution is 5.76. The minimum atomic E-state index is 0.154. The fourth-order valence-electron chi connectivity index (χ4n) is 2.21. The molecule has 0 bridgehead atoms. The van der Waals surface area contributed by atoms with E-state index in [1.165, 1.54) is 0 Å². The molecule has 1 aliphatic rings. The number of likely N-dealkylation sites (tertiary alicyclic amines) is 1. The molecule has 1 saturated heterocycles. The van der Waals surface area contributed by atoms with E-state index in [9.17, 15) is 4.79 Å². The Labute approximate surface area is 116 Å². The van der Waals surface area contributed by atoms with Gasteiger partial charge in [0.05, 0.1) is 12.2 Å². The van der Waals surface area contributed by atoms with Crippen molar-refractivity contribution in [3.63, 3.8) is 0 Å². The Morgan fingerprint density at radius 2 is 2.11 bits per heavy atom. The maximum Gasteiger partial charge on any atom is 0.222 e. The van der Waals surface area contributed by atoms with Gasteiger partial charge in [0.2, 0.25) is 5.91 Å². The normalized spacial score (nSPS) is 18.6. The standard InChI is InChI=1S/C14H28N2O3/c1-12(18-2)4-5-14(17)16-9-6-13(7-10-16)19-11-3-8-15/h12-13H,3-11,15H2,1-2H3. The molecule has 1 amide bonds. The van der Waals surface area contributed by atoms with Crippen LogP contribution in [0.15, 0.2) is 0 Å². The summed E-state index contributed by atoms with van der Waals surface area (Å²) in [7, 11) is 1.68. The van der Waals surface area contributed by atoms with Crippen LogP contribution in [0.1, 0.15) is 39.0 Å². The molecule has 0 saturated carbocycles. The predicted molar refractivity (Wildman–Crippen MR) is 74.9 cm³/mol. The number of hydrogen-bond acceptors (Lipinski definition) is 4. The molecule has 5 nitrogen and oxygen atoms in total. The van der Waals surface area contributed by atoms with Crippen molar-refractivity contribution in [2.45, 2.75) is 51.2 Å². The highest BCUT2D eigenvalue weighted by atomic mass is 16.5. The Hall–Kier alpha value is -0.650. The highest BCUT2D eigenvalue weighted by Gasteiger charge is 2.23. The molecule has 0 spiro atoms. The van der Waals surface area contributed by atoms with Crippen LogP contribution in [0.4, 0.5) is 0 Å². The van der Waals surface area contributed by atoms with Gasteiger partial charge in [-0.3, -0.25) is 4.79 Å². The number of hydrogen-bond donors (Lipinski definition) is 1. The summed E-state index contributed by atoms with van der Waals surface area (Å²) in [6.07, 6.45) is 4.62. The van der Waals surface area contributed by atoms with Crippen LogP contribution in [0.25, 0.3) is 0 Å². The Bertz CT molecular complexity index is 253. The number of carbonyl (C=O) groups excluding carboxylic acids is 1. The number of nitrogens with two attached hydrogens (primary N) is 1. The lowest BCUT2D eigenvalue weighted by Gasteiger charge is -2.32. The summed E-state index contributed by atoms with van der Waals surface area (Å²) < 4.78 is 10.9. The number of rotatable bonds is 8. The van der Waals surface area contributed by atoms with Crippen molar-refractivity contribution >= 4 is 5.91 Å². The smallest absolute Gasteiger partial charge is 0.222 e. The molecular formula is C14H28N2O3. The largest absolute Gasteiger partial charge is 0.382 e. The van der Waals surface area contributed by atoms with Gasteiger partial charge >= 0.3 is 0 Å². The van der Waals surface area contributed by atoms with Crippen molar-refractivity contribution in [2.75, 3.05) is 33.4 Å². The zero-order valence-corrected chi connectivity index (χ0v) is 12.3. The molecule has 0 radical (unpaired) electrons. The molecule has 1 rings (SSSR count). The van der Waals surface area contributed by atoms with Gasteiger partial charge in [-0.05, 0) is 39.2 Å². The van der Waals surface area contributed by atoms with Crippen LogP contribution in [0, 0.1) is 0 Å². The van der Waals surface area contributed by atoms with Gasteiger partial charge in [-0.15, -0.1) is 0 Å². The fraction of sp³-hybridized carbons (Fsp3) is 0.929. The molecule has 0 aromatic carbocycles. The first-order valence-electron chi connectivity index (χ1n) is 7.29. The van der Waals surface area contributed by atoms with Gasteiger partial charge < -0.3 is 20.1 Å². The summed E-state index contributed by atoms with van der Waals surface area (Å²) in [5.74, 6) is 0.240. The highest BCUT2D eigenvalue weighted by Crippen LogP contribution is 2.15. The lowest BCUT2D eigenvalue weighted by Crippen LogP contribution is -2.41. The average Bonchev–Trinajstić information content (AvgIpc) is 2.45. The van der Waals surface area contributed by atoms with Gasteiger partial charge in [-0.2, -0.15) is 0 Å². The van der Waals surface area contributed by atoms with Crippen molar-refractivity contribution in [2.24, 2.45) is 5.73 Å². The van der Waals surface area contributed by atoms with Crippen LogP contribution < -0.4 is 5.73 Å². The zero-order chi connectivity index (χ0) is 14.1. The third-order valence-corrected chi connectivity index (χ3v) is 3.66. The van der Waals surface area contributed by atoms with Crippen LogP contribution in [0.3, 0.4) is 0 Å². The quantitative estimate of drug-likeness (QED) is 0.673. The van der Waals surface area contributed by atoms with Gasteiger partial charge in [0, 0.05) is 33.2 Å². The number of piperidine rings is 1. The number of amides is 1. The van der Waals surface area contributed by atoms with E-state index in [1.807, 2.05) is 11.8 Å².